The van der Waals surface area contributed by atoms with Gasteiger partial charge in [0.25, 0.3) is 0 Å². The second-order valence-corrected chi connectivity index (χ2v) is 10.2. The number of aromatic nitrogens is 1. The lowest BCUT2D eigenvalue weighted by molar-refractivity contribution is -0.152. The highest BCUT2D eigenvalue weighted by molar-refractivity contribution is 5.82. The molecule has 5 rings (SSSR count). The molecule has 5 nitrogen and oxygen atoms in total. The smallest absolute Gasteiger partial charge is 0.228 e. The van der Waals surface area contributed by atoms with E-state index in [0.717, 1.165) is 17.3 Å². The number of carbonyl (C=O) groups is 1. The van der Waals surface area contributed by atoms with E-state index in [1.165, 1.54) is 12.1 Å². The molecule has 3 aromatic rings. The predicted octanol–water partition coefficient (Wildman–Crippen LogP) is 4.58. The maximum Gasteiger partial charge on any atom is 0.228 e. The van der Waals surface area contributed by atoms with Crippen molar-refractivity contribution in [2.24, 2.45) is 17.8 Å². The number of piperidine rings is 1. The summed E-state index contributed by atoms with van der Waals surface area (Å²) in [6, 6.07) is 16.9. The Hall–Kier alpha value is -3.32. The van der Waals surface area contributed by atoms with E-state index in [1.54, 1.807) is 12.4 Å². The van der Waals surface area contributed by atoms with E-state index in [4.69, 9.17) is 0 Å². The summed E-state index contributed by atoms with van der Waals surface area (Å²) in [4.78, 5) is 22.0. The number of hydrogen-bond donors (Lipinski definition) is 1. The molecule has 2 saturated heterocycles. The molecule has 1 N–H and O–H groups in total. The van der Waals surface area contributed by atoms with Gasteiger partial charge in [0.15, 0.2) is 0 Å². The topological polar surface area (TPSA) is 56.7 Å². The molecule has 2 fully saturated rings. The fourth-order valence-electron chi connectivity index (χ4n) is 6.11. The maximum absolute atomic E-state index is 14.9. The third kappa shape index (κ3) is 4.26. The Bertz CT molecular complexity index is 1210. The van der Waals surface area contributed by atoms with Gasteiger partial charge in [0.05, 0.1) is 23.4 Å². The lowest BCUT2D eigenvalue weighted by atomic mass is 9.70. The summed E-state index contributed by atoms with van der Waals surface area (Å²) in [7, 11) is 0. The summed E-state index contributed by atoms with van der Waals surface area (Å²) < 4.78 is 28.6. The van der Waals surface area contributed by atoms with Crippen LogP contribution in [0, 0.1) is 29.4 Å². The number of likely N-dealkylation sites (tertiary alicyclic amines) is 1. The molecule has 7 heteroatoms. The van der Waals surface area contributed by atoms with Crippen molar-refractivity contribution in [3.63, 3.8) is 0 Å². The van der Waals surface area contributed by atoms with Crippen LogP contribution in [-0.4, -0.2) is 47.1 Å². The molecule has 1 unspecified atom stereocenters. The van der Waals surface area contributed by atoms with E-state index in [0.29, 0.717) is 31.7 Å². The van der Waals surface area contributed by atoms with Crippen LogP contribution < -0.4 is 4.90 Å². The molecule has 36 heavy (non-hydrogen) atoms. The van der Waals surface area contributed by atoms with Crippen LogP contribution in [0.4, 0.5) is 14.5 Å². The first-order valence-corrected chi connectivity index (χ1v) is 12.5. The van der Waals surface area contributed by atoms with E-state index in [1.807, 2.05) is 66.1 Å². The summed E-state index contributed by atoms with van der Waals surface area (Å²) in [5.41, 5.74) is 1.02. The molecule has 2 aliphatic rings. The van der Waals surface area contributed by atoms with Crippen molar-refractivity contribution < 1.29 is 18.7 Å². The summed E-state index contributed by atoms with van der Waals surface area (Å²) in [6.45, 7) is 5.58. The standard InChI is InChI=1S/C29H31F2N3O2/c1-19-15-34(16-20(2)29(19,36)21-7-4-3-5-8-21)28(35)26-18-33(23-9-6-12-32-14-23)17-25(26)24-11-10-22(30)13-27(24)31/h3-14,19-20,25-26,36H,15-18H2,1-2H3/t19-,20+,25-,26+,29?/m1/s1. The summed E-state index contributed by atoms with van der Waals surface area (Å²) in [5, 5.41) is 11.7. The number of pyridine rings is 1. The Morgan fingerprint density at radius 3 is 2.33 bits per heavy atom. The molecular formula is C29H31F2N3O2. The van der Waals surface area contributed by atoms with Crippen LogP contribution in [0.15, 0.2) is 73.1 Å². The van der Waals surface area contributed by atoms with Crippen LogP contribution in [0.5, 0.6) is 0 Å². The van der Waals surface area contributed by atoms with Gasteiger partial charge in [0.1, 0.15) is 11.6 Å². The lowest BCUT2D eigenvalue weighted by Crippen LogP contribution is -2.57. The Kier molecular flexibility index (Phi) is 6.51. The highest BCUT2D eigenvalue weighted by Crippen LogP contribution is 2.43. The molecule has 0 spiro atoms. The van der Waals surface area contributed by atoms with Crippen molar-refractivity contribution in [1.29, 1.82) is 0 Å². The van der Waals surface area contributed by atoms with Gasteiger partial charge in [-0.15, -0.1) is 0 Å². The van der Waals surface area contributed by atoms with Crippen molar-refractivity contribution in [3.8, 4) is 0 Å². The first kappa shape index (κ1) is 24.4. The van der Waals surface area contributed by atoms with Crippen molar-refractivity contribution in [3.05, 3.63) is 95.8 Å². The molecule has 3 heterocycles. The van der Waals surface area contributed by atoms with Crippen LogP contribution >= 0.6 is 0 Å². The number of amides is 1. The third-order valence-electron chi connectivity index (χ3n) is 8.05. The number of rotatable bonds is 4. The molecule has 1 amide bonds. The zero-order valence-corrected chi connectivity index (χ0v) is 20.5. The number of anilines is 1. The van der Waals surface area contributed by atoms with Crippen LogP contribution in [0.2, 0.25) is 0 Å². The molecule has 188 valence electrons. The molecule has 0 bridgehead atoms. The SMILES string of the molecule is C[C@@H]1CN(C(=O)[C@H]2CN(c3cccnc3)C[C@@H]2c2ccc(F)cc2F)C[C@H](C)C1(O)c1ccccc1. The van der Waals surface area contributed by atoms with E-state index >= 15 is 0 Å². The number of aliphatic hydroxyl groups is 1. The highest BCUT2D eigenvalue weighted by Gasteiger charge is 2.49. The number of carbonyl (C=O) groups excluding carboxylic acids is 1. The quantitative estimate of drug-likeness (QED) is 0.581. The Labute approximate surface area is 210 Å². The number of halogens is 2. The van der Waals surface area contributed by atoms with E-state index in [-0.39, 0.29) is 17.7 Å². The molecule has 1 aromatic heterocycles. The van der Waals surface area contributed by atoms with Gasteiger partial charge in [-0.25, -0.2) is 8.78 Å². The van der Waals surface area contributed by atoms with E-state index in [9.17, 15) is 18.7 Å². The minimum Gasteiger partial charge on any atom is -0.384 e. The maximum atomic E-state index is 14.9. The monoisotopic (exact) mass is 491 g/mol. The largest absolute Gasteiger partial charge is 0.384 e. The zero-order chi connectivity index (χ0) is 25.4. The van der Waals surface area contributed by atoms with Gasteiger partial charge in [0, 0.05) is 56.2 Å². The Morgan fingerprint density at radius 1 is 0.972 bits per heavy atom. The summed E-state index contributed by atoms with van der Waals surface area (Å²) in [5.74, 6) is -2.66. The van der Waals surface area contributed by atoms with E-state index < -0.39 is 29.1 Å². The molecule has 0 aliphatic carbocycles. The number of hydrogen-bond acceptors (Lipinski definition) is 4. The van der Waals surface area contributed by atoms with Gasteiger partial charge >= 0.3 is 0 Å². The normalized spacial score (nSPS) is 28.4. The van der Waals surface area contributed by atoms with Crippen LogP contribution in [0.1, 0.15) is 30.9 Å². The fourth-order valence-corrected chi connectivity index (χ4v) is 6.11. The molecular weight excluding hydrogens is 460 g/mol. The van der Waals surface area contributed by atoms with Crippen molar-refractivity contribution in [1.82, 2.24) is 9.88 Å². The molecule has 2 aliphatic heterocycles. The average molecular weight is 492 g/mol. The minimum atomic E-state index is -1.04. The van der Waals surface area contributed by atoms with Gasteiger partial charge in [-0.1, -0.05) is 50.2 Å². The van der Waals surface area contributed by atoms with Crippen molar-refractivity contribution in [2.75, 3.05) is 31.1 Å². The van der Waals surface area contributed by atoms with Gasteiger partial charge < -0.3 is 14.9 Å². The van der Waals surface area contributed by atoms with Crippen LogP contribution in [0.3, 0.4) is 0 Å². The van der Waals surface area contributed by atoms with Crippen molar-refractivity contribution in [2.45, 2.75) is 25.4 Å². The number of nitrogens with zero attached hydrogens (tertiary/aromatic N) is 3. The molecule has 0 saturated carbocycles. The van der Waals surface area contributed by atoms with Gasteiger partial charge in [-0.3, -0.25) is 9.78 Å². The predicted molar refractivity (Wildman–Crippen MR) is 134 cm³/mol. The summed E-state index contributed by atoms with van der Waals surface area (Å²) >= 11 is 0. The van der Waals surface area contributed by atoms with Crippen molar-refractivity contribution >= 4 is 11.6 Å². The lowest BCUT2D eigenvalue weighted by Gasteiger charge is -2.48. The Morgan fingerprint density at radius 2 is 1.69 bits per heavy atom. The third-order valence-corrected chi connectivity index (χ3v) is 8.05. The minimum absolute atomic E-state index is 0.0658. The highest BCUT2D eigenvalue weighted by atomic mass is 19.1. The van der Waals surface area contributed by atoms with E-state index in [2.05, 4.69) is 4.98 Å². The second kappa shape index (κ2) is 9.62. The van der Waals surface area contributed by atoms with Gasteiger partial charge in [-0.2, -0.15) is 0 Å². The molecule has 5 atom stereocenters. The molecule has 2 aromatic carbocycles. The second-order valence-electron chi connectivity index (χ2n) is 10.2. The number of benzene rings is 2. The Balaban J connectivity index is 1.43. The first-order chi connectivity index (χ1) is 17.3. The average Bonchev–Trinajstić information content (AvgIpc) is 3.32. The van der Waals surface area contributed by atoms with Gasteiger partial charge in [-0.05, 0) is 29.3 Å². The summed E-state index contributed by atoms with van der Waals surface area (Å²) in [6.07, 6.45) is 3.42. The van der Waals surface area contributed by atoms with Gasteiger partial charge in [0.2, 0.25) is 5.91 Å². The zero-order valence-electron chi connectivity index (χ0n) is 20.5. The first-order valence-electron chi connectivity index (χ1n) is 12.5. The molecule has 0 radical (unpaired) electrons. The fraction of sp³-hybridized carbons (Fsp3) is 0.379. The van der Waals surface area contributed by atoms with Crippen LogP contribution in [0.25, 0.3) is 0 Å². The van der Waals surface area contributed by atoms with Crippen LogP contribution in [-0.2, 0) is 10.4 Å².